The van der Waals surface area contributed by atoms with E-state index in [1.165, 1.54) is 0 Å². The lowest BCUT2D eigenvalue weighted by Crippen LogP contribution is -2.45. The number of rotatable bonds is 16. The van der Waals surface area contributed by atoms with Gasteiger partial charge < -0.3 is 30.7 Å². The maximum atomic E-state index is 14.2. The lowest BCUT2D eigenvalue weighted by Gasteiger charge is -2.36. The van der Waals surface area contributed by atoms with E-state index >= 15 is 0 Å². The van der Waals surface area contributed by atoms with E-state index in [-0.39, 0.29) is 27.1 Å². The van der Waals surface area contributed by atoms with Crippen LogP contribution in [0.2, 0.25) is 0 Å². The summed E-state index contributed by atoms with van der Waals surface area (Å²) in [7, 11) is -13.2. The van der Waals surface area contributed by atoms with E-state index < -0.39 is 86.6 Å². The van der Waals surface area contributed by atoms with E-state index in [1.54, 1.807) is 0 Å². The lowest BCUT2D eigenvalue weighted by molar-refractivity contribution is -0.237. The first-order valence-electron chi connectivity index (χ1n) is 12.3. The zero-order valence-electron chi connectivity index (χ0n) is 24.1. The van der Waals surface area contributed by atoms with Gasteiger partial charge in [-0.1, -0.05) is 70.7 Å². The van der Waals surface area contributed by atoms with Gasteiger partial charge in [0.1, 0.15) is 25.6 Å². The molecule has 0 fully saturated rings. The van der Waals surface area contributed by atoms with Crippen molar-refractivity contribution in [2.45, 2.75) is 43.8 Å². The summed E-state index contributed by atoms with van der Waals surface area (Å²) in [5.41, 5.74) is -0.329. The molecule has 0 aromatic heterocycles. The molecule has 0 aliphatic carbocycles. The number of carbonyl (C=O) groups excluding carboxylic acids is 2. The molecule has 0 heterocycles. The van der Waals surface area contributed by atoms with Gasteiger partial charge in [0, 0.05) is 12.5 Å². The molecule has 0 spiro atoms. The molecule has 0 bridgehead atoms. The Morgan fingerprint density at radius 1 is 0.739 bits per heavy atom. The monoisotopic (exact) mass is 793 g/mol. The van der Waals surface area contributed by atoms with Crippen LogP contribution in [-0.2, 0) is 42.9 Å². The molecule has 0 saturated carbocycles. The first-order chi connectivity index (χ1) is 20.7. The number of hydrogen-bond donors (Lipinski definition) is 3. The van der Waals surface area contributed by atoms with Crippen LogP contribution >= 0.6 is 54.2 Å². The fraction of sp³-hybridized carbons (Fsp3) is 0.417. The fourth-order valence-electron chi connectivity index (χ4n) is 3.73. The van der Waals surface area contributed by atoms with Crippen molar-refractivity contribution >= 4 is 85.7 Å². The molecule has 0 aliphatic rings. The molecule has 2 amide bonds. The Balaban J connectivity index is 0.0000106. The molecule has 46 heavy (non-hydrogen) atoms. The van der Waals surface area contributed by atoms with E-state index in [2.05, 4.69) is 10.6 Å². The van der Waals surface area contributed by atoms with Crippen molar-refractivity contribution in [3.8, 4) is 0 Å². The SMILES string of the molecule is CS(=O)(=O)c1ccc([C@@H](OP(=O)([O-])O[C@@H](c2ccc(S(C)(=O)=O)cc2)[C@H](CF)NC(=O)C(Cl)Cl)[C@@H](CF)NC(=O)C(Cl)Cl)cc1.[NH4+]. The molecular formula is C24H30Cl4F2N3O10PS2. The summed E-state index contributed by atoms with van der Waals surface area (Å²) < 4.78 is 99.7. The van der Waals surface area contributed by atoms with Gasteiger partial charge in [-0.05, 0) is 35.4 Å². The molecule has 0 radical (unpaired) electrons. The summed E-state index contributed by atoms with van der Waals surface area (Å²) in [5, 5.41) is 4.14. The standard InChI is InChI=1S/C24H27Cl4F2N2O10PS2.H3N/c1-44(37,38)15-7-3-13(4-8-15)19(17(11-29)31-23(33)21(25)26)41-43(35,36)42-20(18(12-30)32-24(34)22(27)28)14-5-9-16(10-6-14)45(2,39)40;/h3-10,17-22H,11-12H2,1-2H3,(H,31,33)(H,32,34)(H,35,36);1H3/t17-,18+,19-,20+;. The maximum absolute atomic E-state index is 14.2. The maximum Gasteiger partial charge on any atom is 0.269 e. The predicted molar refractivity (Wildman–Crippen MR) is 167 cm³/mol. The fourth-order valence-corrected chi connectivity index (χ4v) is 6.38. The third kappa shape index (κ3) is 12.4. The summed E-state index contributed by atoms with van der Waals surface area (Å²) in [4.78, 5) is 33.8. The second-order valence-corrected chi connectivity index (χ2v) is 16.9. The van der Waals surface area contributed by atoms with Gasteiger partial charge in [-0.15, -0.1) is 0 Å². The molecule has 0 saturated heterocycles. The minimum absolute atomic E-state index is 0. The Morgan fingerprint density at radius 3 is 1.24 bits per heavy atom. The number of nitrogens with one attached hydrogen (secondary N) is 2. The molecule has 2 rings (SSSR count). The van der Waals surface area contributed by atoms with Gasteiger partial charge in [-0.25, -0.2) is 25.6 Å². The highest BCUT2D eigenvalue weighted by molar-refractivity contribution is 7.91. The highest BCUT2D eigenvalue weighted by Crippen LogP contribution is 2.50. The normalized spacial score (nSPS) is 16.1. The van der Waals surface area contributed by atoms with Gasteiger partial charge in [0.15, 0.2) is 29.3 Å². The van der Waals surface area contributed by atoms with Crippen molar-refractivity contribution in [3.63, 3.8) is 0 Å². The van der Waals surface area contributed by atoms with Crippen LogP contribution in [0.3, 0.4) is 0 Å². The minimum Gasteiger partial charge on any atom is -0.756 e. The quantitative estimate of drug-likeness (QED) is 0.165. The number of halogens is 6. The van der Waals surface area contributed by atoms with E-state index in [9.17, 15) is 44.7 Å². The molecule has 2 aromatic rings. The zero-order chi connectivity index (χ0) is 34.3. The predicted octanol–water partition coefficient (Wildman–Crippen LogP) is 3.67. The van der Waals surface area contributed by atoms with Gasteiger partial charge in [0.2, 0.25) is 0 Å². The molecule has 22 heteroatoms. The molecule has 1 unspecified atom stereocenters. The number of alkyl halides is 6. The van der Waals surface area contributed by atoms with Gasteiger partial charge in [0.25, 0.3) is 19.6 Å². The largest absolute Gasteiger partial charge is 0.756 e. The highest BCUT2D eigenvalue weighted by Gasteiger charge is 2.36. The molecule has 5 atom stereocenters. The van der Waals surface area contributed by atoms with Gasteiger partial charge in [-0.3, -0.25) is 14.2 Å². The van der Waals surface area contributed by atoms with Gasteiger partial charge >= 0.3 is 0 Å². The number of phosphoric ester groups is 1. The van der Waals surface area contributed by atoms with Crippen molar-refractivity contribution < 1.29 is 53.7 Å². The second-order valence-electron chi connectivity index (χ2n) is 9.32. The van der Waals surface area contributed by atoms with Crippen molar-refractivity contribution in [2.24, 2.45) is 0 Å². The number of carbonyl (C=O) groups is 2. The van der Waals surface area contributed by atoms with Crippen molar-refractivity contribution in [1.82, 2.24) is 16.8 Å². The molecule has 260 valence electrons. The number of hydrogen-bond acceptors (Lipinski definition) is 10. The van der Waals surface area contributed by atoms with Crippen molar-refractivity contribution in [3.05, 3.63) is 59.7 Å². The zero-order valence-corrected chi connectivity index (χ0v) is 29.7. The van der Waals surface area contributed by atoms with Crippen LogP contribution in [0.5, 0.6) is 0 Å². The highest BCUT2D eigenvalue weighted by atomic mass is 35.5. The Labute approximate surface area is 284 Å². The Morgan fingerprint density at radius 2 is 1.02 bits per heavy atom. The first kappa shape index (κ1) is 42.4. The number of sulfone groups is 2. The lowest BCUT2D eigenvalue weighted by atomic mass is 10.0. The third-order valence-corrected chi connectivity index (χ3v) is 9.89. The third-order valence-electron chi connectivity index (χ3n) is 5.87. The Bertz CT molecular complexity index is 1490. The number of benzene rings is 2. The van der Waals surface area contributed by atoms with Crippen LogP contribution in [0.1, 0.15) is 23.3 Å². The van der Waals surface area contributed by atoms with Gasteiger partial charge in [-0.2, -0.15) is 0 Å². The molecular weight excluding hydrogens is 765 g/mol. The van der Waals surface area contributed by atoms with Crippen LogP contribution in [0, 0.1) is 0 Å². The minimum atomic E-state index is -5.75. The summed E-state index contributed by atoms with van der Waals surface area (Å²) in [6, 6.07) is 5.00. The van der Waals surface area contributed by atoms with E-state index in [0.29, 0.717) is 0 Å². The van der Waals surface area contributed by atoms with Crippen LogP contribution in [0.15, 0.2) is 58.3 Å². The van der Waals surface area contributed by atoms with Crippen LogP contribution < -0.4 is 21.7 Å². The molecule has 0 aliphatic heterocycles. The summed E-state index contributed by atoms with van der Waals surface area (Å²) >= 11 is 22.1. The number of phosphoric acid groups is 1. The molecule has 2 aromatic carbocycles. The summed E-state index contributed by atoms with van der Waals surface area (Å²) in [5.74, 6) is -2.27. The van der Waals surface area contributed by atoms with Gasteiger partial charge in [0.05, 0.1) is 21.9 Å². The molecule has 13 nitrogen and oxygen atoms in total. The summed E-state index contributed by atoms with van der Waals surface area (Å²) in [6.45, 7) is -2.92. The average Bonchev–Trinajstić information content (AvgIpc) is 2.95. The number of amides is 2. The topological polar surface area (TPSA) is 222 Å². The average molecular weight is 795 g/mol. The summed E-state index contributed by atoms with van der Waals surface area (Å²) in [6.07, 6.45) is -2.07. The van der Waals surface area contributed by atoms with E-state index in [4.69, 9.17) is 55.5 Å². The van der Waals surface area contributed by atoms with E-state index in [0.717, 1.165) is 61.0 Å². The van der Waals surface area contributed by atoms with Crippen molar-refractivity contribution in [1.29, 1.82) is 0 Å². The van der Waals surface area contributed by atoms with Crippen LogP contribution in [0.25, 0.3) is 0 Å². The Hall–Kier alpha value is -1.63. The van der Waals surface area contributed by atoms with Crippen LogP contribution in [0.4, 0.5) is 8.78 Å². The second kappa shape index (κ2) is 17.7. The first-order valence-corrected chi connectivity index (χ1v) is 19.3. The van der Waals surface area contributed by atoms with Crippen molar-refractivity contribution in [2.75, 3.05) is 25.9 Å². The van der Waals surface area contributed by atoms with E-state index in [1.807, 2.05) is 0 Å². The molecule has 6 N–H and O–H groups in total. The number of quaternary nitrogens is 1. The van der Waals surface area contributed by atoms with Crippen LogP contribution in [-0.4, -0.2) is 76.3 Å². The smallest absolute Gasteiger partial charge is 0.269 e. The Kier molecular flexibility index (Phi) is 16.3.